The van der Waals surface area contributed by atoms with E-state index in [0.717, 1.165) is 22.8 Å². The van der Waals surface area contributed by atoms with Gasteiger partial charge in [0.15, 0.2) is 0 Å². The van der Waals surface area contributed by atoms with E-state index in [2.05, 4.69) is 4.74 Å². The molecule has 1 aromatic carbocycles. The number of nitrogens with two attached hydrogens (primary N) is 1. The molecule has 1 aliphatic rings. The molecule has 1 aromatic heterocycles. The zero-order valence-electron chi connectivity index (χ0n) is 11.7. The fourth-order valence-corrected chi connectivity index (χ4v) is 2.37. The predicted molar refractivity (Wildman–Crippen MR) is 74.9 cm³/mol. The molecule has 3 rings (SSSR count). The zero-order valence-corrected chi connectivity index (χ0v) is 11.7. The number of pyridine rings is 1. The summed E-state index contributed by atoms with van der Waals surface area (Å²) in [7, 11) is 0. The second kappa shape index (κ2) is 5.11. The van der Waals surface area contributed by atoms with E-state index < -0.39 is 29.5 Å². The maximum Gasteiger partial charge on any atom is 0.573 e. The molecule has 0 fully saturated rings. The van der Waals surface area contributed by atoms with E-state index >= 15 is 0 Å². The number of halogens is 3. The van der Waals surface area contributed by atoms with E-state index in [1.807, 2.05) is 5.32 Å². The van der Waals surface area contributed by atoms with Crippen LogP contribution in [-0.2, 0) is 0 Å². The molecule has 10 heteroatoms. The Morgan fingerprint density at radius 2 is 1.79 bits per heavy atom. The highest BCUT2D eigenvalue weighted by molar-refractivity contribution is 6.23. The van der Waals surface area contributed by atoms with Crippen molar-refractivity contribution in [1.29, 1.82) is 0 Å². The molecule has 0 aliphatic carbocycles. The minimum atomic E-state index is -4.90. The molecule has 0 bridgehead atoms. The number of anilines is 1. The number of nitrogens with zero attached hydrogens (tertiary/aromatic N) is 1. The van der Waals surface area contributed by atoms with E-state index in [1.165, 1.54) is 12.1 Å². The Hall–Kier alpha value is -3.30. The van der Waals surface area contributed by atoms with Crippen LogP contribution in [0.25, 0.3) is 5.69 Å². The van der Waals surface area contributed by atoms with Crippen molar-refractivity contribution in [3.05, 3.63) is 51.8 Å². The molecule has 0 atom stereocenters. The van der Waals surface area contributed by atoms with Crippen LogP contribution in [0, 0.1) is 0 Å². The van der Waals surface area contributed by atoms with E-state index in [1.54, 1.807) is 0 Å². The highest BCUT2D eigenvalue weighted by atomic mass is 19.4. The van der Waals surface area contributed by atoms with Gasteiger partial charge in [-0.2, -0.15) is 0 Å². The van der Waals surface area contributed by atoms with Crippen molar-refractivity contribution in [1.82, 2.24) is 9.88 Å². The highest BCUT2D eigenvalue weighted by Crippen LogP contribution is 2.27. The lowest BCUT2D eigenvalue weighted by molar-refractivity contribution is -0.274. The number of carbonyl (C=O) groups excluding carboxylic acids is 2. The topological polar surface area (TPSA) is 103 Å². The fraction of sp³-hybridized carbons (Fsp3) is 0.0714. The summed E-state index contributed by atoms with van der Waals surface area (Å²) >= 11 is 0. The van der Waals surface area contributed by atoms with Crippen LogP contribution in [-0.4, -0.2) is 22.7 Å². The van der Waals surface area contributed by atoms with Gasteiger partial charge in [0.25, 0.3) is 17.4 Å². The Morgan fingerprint density at radius 1 is 1.08 bits per heavy atom. The summed E-state index contributed by atoms with van der Waals surface area (Å²) in [6.45, 7) is 0. The molecule has 0 radical (unpaired) electrons. The number of rotatable bonds is 2. The largest absolute Gasteiger partial charge is 0.573 e. The molecule has 2 aromatic rings. The SMILES string of the molecule is Nc1c2c(cc(=O)n1-c1cccc(OC(F)(F)F)c1)C(=O)NC2=O. The average molecular weight is 339 g/mol. The quantitative estimate of drug-likeness (QED) is 0.800. The Morgan fingerprint density at radius 3 is 2.46 bits per heavy atom. The molecule has 2 amide bonds. The molecule has 0 spiro atoms. The van der Waals surface area contributed by atoms with Crippen molar-refractivity contribution < 1.29 is 27.5 Å². The third-order valence-corrected chi connectivity index (χ3v) is 3.26. The van der Waals surface area contributed by atoms with Gasteiger partial charge in [-0.05, 0) is 12.1 Å². The maximum atomic E-state index is 12.3. The standard InChI is InChI=1S/C14H8F3N3O4/c15-14(16,17)24-7-3-1-2-6(4-7)20-9(21)5-8-10(11(20)18)13(23)19-12(8)22/h1-5H,18H2,(H,19,22,23). The summed E-state index contributed by atoms with van der Waals surface area (Å²) in [6.07, 6.45) is -4.90. The Labute approximate surface area is 131 Å². The lowest BCUT2D eigenvalue weighted by Gasteiger charge is -2.14. The first kappa shape index (κ1) is 15.6. The smallest absolute Gasteiger partial charge is 0.406 e. The van der Waals surface area contributed by atoms with E-state index in [9.17, 15) is 27.6 Å². The van der Waals surface area contributed by atoms with E-state index in [4.69, 9.17) is 5.73 Å². The van der Waals surface area contributed by atoms with Crippen LogP contribution in [0.5, 0.6) is 5.75 Å². The van der Waals surface area contributed by atoms with Gasteiger partial charge < -0.3 is 10.5 Å². The Kier molecular flexibility index (Phi) is 3.32. The van der Waals surface area contributed by atoms with Crippen molar-refractivity contribution in [2.24, 2.45) is 0 Å². The summed E-state index contributed by atoms with van der Waals surface area (Å²) in [5, 5.41) is 1.99. The molecule has 0 saturated heterocycles. The second-order valence-corrected chi connectivity index (χ2v) is 4.82. The lowest BCUT2D eigenvalue weighted by atomic mass is 10.1. The van der Waals surface area contributed by atoms with Crippen LogP contribution in [0.4, 0.5) is 19.0 Å². The number of benzene rings is 1. The Balaban J connectivity index is 2.17. The fourth-order valence-electron chi connectivity index (χ4n) is 2.37. The average Bonchev–Trinajstić information content (AvgIpc) is 2.72. The molecular weight excluding hydrogens is 331 g/mol. The van der Waals surface area contributed by atoms with Gasteiger partial charge in [-0.1, -0.05) is 6.07 Å². The van der Waals surface area contributed by atoms with E-state index in [-0.39, 0.29) is 22.6 Å². The maximum absolute atomic E-state index is 12.3. The van der Waals surface area contributed by atoms with Crippen molar-refractivity contribution in [3.63, 3.8) is 0 Å². The van der Waals surface area contributed by atoms with Crippen molar-refractivity contribution in [2.75, 3.05) is 5.73 Å². The van der Waals surface area contributed by atoms with Crippen LogP contribution in [0.2, 0.25) is 0 Å². The molecule has 1 aliphatic heterocycles. The first-order chi connectivity index (χ1) is 11.2. The number of nitrogen functional groups attached to an aromatic ring is 1. The van der Waals surface area contributed by atoms with Gasteiger partial charge in [0, 0.05) is 12.1 Å². The van der Waals surface area contributed by atoms with Crippen LogP contribution in [0.1, 0.15) is 20.7 Å². The number of alkyl halides is 3. The molecule has 2 heterocycles. The molecule has 0 unspecified atom stereocenters. The third-order valence-electron chi connectivity index (χ3n) is 3.26. The van der Waals surface area contributed by atoms with Crippen molar-refractivity contribution >= 4 is 17.6 Å². The number of amides is 2. The molecule has 0 saturated carbocycles. The molecule has 124 valence electrons. The number of hydrogen-bond acceptors (Lipinski definition) is 5. The minimum absolute atomic E-state index is 0.0470. The summed E-state index contributed by atoms with van der Waals surface area (Å²) in [5.74, 6) is -2.47. The van der Waals surface area contributed by atoms with Gasteiger partial charge in [-0.15, -0.1) is 13.2 Å². The number of ether oxygens (including phenoxy) is 1. The van der Waals surface area contributed by atoms with Gasteiger partial charge in [0.1, 0.15) is 11.6 Å². The summed E-state index contributed by atoms with van der Waals surface area (Å²) in [4.78, 5) is 35.5. The van der Waals surface area contributed by atoms with Gasteiger partial charge >= 0.3 is 6.36 Å². The number of hydrogen-bond donors (Lipinski definition) is 2. The van der Waals surface area contributed by atoms with Gasteiger partial charge in [0.2, 0.25) is 0 Å². The number of imide groups is 1. The van der Waals surface area contributed by atoms with Crippen molar-refractivity contribution in [2.45, 2.75) is 6.36 Å². The third kappa shape index (κ3) is 2.57. The molecule has 24 heavy (non-hydrogen) atoms. The summed E-state index contributed by atoms with van der Waals surface area (Å²) in [6, 6.07) is 5.40. The number of aromatic nitrogens is 1. The normalized spacial score (nSPS) is 13.6. The minimum Gasteiger partial charge on any atom is -0.406 e. The first-order valence-electron chi connectivity index (χ1n) is 6.45. The predicted octanol–water partition coefficient (Wildman–Crippen LogP) is 1.20. The lowest BCUT2D eigenvalue weighted by Crippen LogP contribution is -2.24. The van der Waals surface area contributed by atoms with Crippen LogP contribution in [0.15, 0.2) is 35.1 Å². The molecular formula is C14H8F3N3O4. The van der Waals surface area contributed by atoms with Crippen molar-refractivity contribution in [3.8, 4) is 11.4 Å². The number of carbonyl (C=O) groups is 2. The highest BCUT2D eigenvalue weighted by Gasteiger charge is 2.33. The zero-order chi connectivity index (χ0) is 17.6. The van der Waals surface area contributed by atoms with Gasteiger partial charge in [-0.3, -0.25) is 24.3 Å². The number of nitrogens with one attached hydrogen (secondary N) is 1. The summed E-state index contributed by atoms with van der Waals surface area (Å²) < 4.78 is 41.5. The Bertz CT molecular complexity index is 934. The number of fused-ring (bicyclic) bond motifs is 1. The van der Waals surface area contributed by atoms with E-state index in [0.29, 0.717) is 0 Å². The van der Waals surface area contributed by atoms with Gasteiger partial charge in [-0.25, -0.2) is 0 Å². The first-order valence-corrected chi connectivity index (χ1v) is 6.45. The molecule has 3 N–H and O–H groups in total. The van der Waals surface area contributed by atoms with Crippen LogP contribution < -0.4 is 21.3 Å². The van der Waals surface area contributed by atoms with Crippen LogP contribution >= 0.6 is 0 Å². The molecule has 7 nitrogen and oxygen atoms in total. The second-order valence-electron chi connectivity index (χ2n) is 4.82. The van der Waals surface area contributed by atoms with Gasteiger partial charge in [0.05, 0.1) is 16.8 Å². The summed E-state index contributed by atoms with van der Waals surface area (Å²) in [5.41, 5.74) is 4.57. The monoisotopic (exact) mass is 339 g/mol. The van der Waals surface area contributed by atoms with Crippen LogP contribution in [0.3, 0.4) is 0 Å².